The molecule has 0 atom stereocenters. The zero-order valence-electron chi connectivity index (χ0n) is 17.3. The first-order valence-corrected chi connectivity index (χ1v) is 11.0. The van der Waals surface area contributed by atoms with Crippen LogP contribution in [0.15, 0.2) is 47.4 Å². The van der Waals surface area contributed by atoms with E-state index in [1.165, 1.54) is 16.4 Å². The molecule has 0 saturated carbocycles. The van der Waals surface area contributed by atoms with Gasteiger partial charge in [0.25, 0.3) is 5.91 Å². The number of rotatable bonds is 10. The van der Waals surface area contributed by atoms with Gasteiger partial charge in [-0.25, -0.2) is 8.42 Å². The number of ether oxygens (including phenoxy) is 2. The Morgan fingerprint density at radius 1 is 1.03 bits per heavy atom. The van der Waals surface area contributed by atoms with Crippen molar-refractivity contribution in [3.63, 3.8) is 0 Å². The summed E-state index contributed by atoms with van der Waals surface area (Å²) in [5.41, 5.74) is 1.75. The first-order chi connectivity index (χ1) is 13.9. The predicted molar refractivity (Wildman–Crippen MR) is 113 cm³/mol. The molecule has 0 aliphatic heterocycles. The zero-order chi connectivity index (χ0) is 21.4. The van der Waals surface area contributed by atoms with Gasteiger partial charge in [0, 0.05) is 36.5 Å². The van der Waals surface area contributed by atoms with E-state index in [9.17, 15) is 13.2 Å². The molecule has 7 nitrogen and oxygen atoms in total. The molecule has 1 amide bonds. The number of amides is 1. The van der Waals surface area contributed by atoms with Gasteiger partial charge in [-0.3, -0.25) is 4.79 Å². The van der Waals surface area contributed by atoms with Crippen molar-refractivity contribution in [2.75, 3.05) is 32.1 Å². The molecule has 0 fully saturated rings. The molecule has 0 saturated heterocycles. The quantitative estimate of drug-likeness (QED) is 0.636. The van der Waals surface area contributed by atoms with Crippen molar-refractivity contribution >= 4 is 21.6 Å². The monoisotopic (exact) mass is 420 g/mol. The first kappa shape index (κ1) is 22.9. The lowest BCUT2D eigenvalue weighted by atomic mass is 10.1. The molecule has 0 aromatic heterocycles. The van der Waals surface area contributed by atoms with Crippen molar-refractivity contribution in [3.05, 3.63) is 53.6 Å². The normalized spacial score (nSPS) is 11.5. The van der Waals surface area contributed by atoms with Crippen LogP contribution in [0.3, 0.4) is 0 Å². The number of sulfonamides is 1. The van der Waals surface area contributed by atoms with Crippen molar-refractivity contribution in [1.82, 2.24) is 4.31 Å². The van der Waals surface area contributed by atoms with E-state index in [0.29, 0.717) is 43.3 Å². The van der Waals surface area contributed by atoms with Crippen molar-refractivity contribution in [2.24, 2.45) is 0 Å². The highest BCUT2D eigenvalue weighted by Crippen LogP contribution is 2.22. The van der Waals surface area contributed by atoms with E-state index in [2.05, 4.69) is 5.32 Å². The lowest BCUT2D eigenvalue weighted by Gasteiger charge is -2.18. The lowest BCUT2D eigenvalue weighted by Crippen LogP contribution is -2.30. The molecular weight excluding hydrogens is 392 g/mol. The van der Waals surface area contributed by atoms with Crippen molar-refractivity contribution < 1.29 is 22.7 Å². The summed E-state index contributed by atoms with van der Waals surface area (Å²) in [6.07, 6.45) is 0. The lowest BCUT2D eigenvalue weighted by molar-refractivity contribution is 0.102. The summed E-state index contributed by atoms with van der Waals surface area (Å²) in [7, 11) is -1.96. The van der Waals surface area contributed by atoms with E-state index in [0.717, 1.165) is 5.56 Å². The Hall–Kier alpha value is -2.42. The van der Waals surface area contributed by atoms with Gasteiger partial charge in [-0.1, -0.05) is 13.8 Å². The summed E-state index contributed by atoms with van der Waals surface area (Å²) >= 11 is 0. The molecule has 2 rings (SSSR count). The molecule has 2 aromatic rings. The largest absolute Gasteiger partial charge is 0.496 e. The minimum Gasteiger partial charge on any atom is -0.496 e. The fourth-order valence-corrected chi connectivity index (χ4v) is 4.33. The maximum atomic E-state index is 12.6. The zero-order valence-corrected chi connectivity index (χ0v) is 18.1. The number of anilines is 1. The number of carbonyl (C=O) groups is 1. The van der Waals surface area contributed by atoms with Gasteiger partial charge in [-0.2, -0.15) is 4.31 Å². The Morgan fingerprint density at radius 3 is 2.24 bits per heavy atom. The van der Waals surface area contributed by atoms with Gasteiger partial charge in [0.15, 0.2) is 0 Å². The summed E-state index contributed by atoms with van der Waals surface area (Å²) < 4.78 is 37.2. The van der Waals surface area contributed by atoms with Crippen LogP contribution in [0.1, 0.15) is 36.7 Å². The van der Waals surface area contributed by atoms with Crippen molar-refractivity contribution in [3.8, 4) is 5.75 Å². The molecule has 0 spiro atoms. The van der Waals surface area contributed by atoms with Crippen LogP contribution in [0.25, 0.3) is 0 Å². The summed E-state index contributed by atoms with van der Waals surface area (Å²) in [6, 6.07) is 11.3. The second-order valence-corrected chi connectivity index (χ2v) is 8.17. The third kappa shape index (κ3) is 5.56. The predicted octanol–water partition coefficient (Wildman–Crippen LogP) is 3.51. The average Bonchev–Trinajstić information content (AvgIpc) is 2.73. The van der Waals surface area contributed by atoms with Gasteiger partial charge >= 0.3 is 0 Å². The van der Waals surface area contributed by atoms with Crippen LogP contribution in [0, 0.1) is 0 Å². The second kappa shape index (κ2) is 10.4. The van der Waals surface area contributed by atoms with Gasteiger partial charge in [0.05, 0.1) is 18.6 Å². The maximum absolute atomic E-state index is 12.6. The summed E-state index contributed by atoms with van der Waals surface area (Å²) in [4.78, 5) is 12.8. The van der Waals surface area contributed by atoms with Gasteiger partial charge in [0.2, 0.25) is 10.0 Å². The second-order valence-electron chi connectivity index (χ2n) is 6.23. The summed E-state index contributed by atoms with van der Waals surface area (Å²) in [6.45, 7) is 7.19. The molecule has 0 heterocycles. The molecular formula is C21H28N2O5S. The Morgan fingerprint density at radius 2 is 1.69 bits per heavy atom. The number of carbonyl (C=O) groups excluding carboxylic acids is 1. The highest BCUT2D eigenvalue weighted by Gasteiger charge is 2.21. The van der Waals surface area contributed by atoms with Gasteiger partial charge in [-0.05, 0) is 49.4 Å². The van der Waals surface area contributed by atoms with Crippen LogP contribution in [0.5, 0.6) is 5.75 Å². The Kier molecular flexibility index (Phi) is 8.19. The minimum atomic E-state index is -3.53. The molecule has 2 aromatic carbocycles. The fraction of sp³-hybridized carbons (Fsp3) is 0.381. The third-order valence-electron chi connectivity index (χ3n) is 4.46. The van der Waals surface area contributed by atoms with Crippen LogP contribution in [0.4, 0.5) is 5.69 Å². The van der Waals surface area contributed by atoms with Crippen LogP contribution < -0.4 is 10.1 Å². The molecule has 0 aliphatic rings. The van der Waals surface area contributed by atoms with Crippen LogP contribution in [0.2, 0.25) is 0 Å². The fourth-order valence-electron chi connectivity index (χ4n) is 2.87. The van der Waals surface area contributed by atoms with Crippen LogP contribution >= 0.6 is 0 Å². The maximum Gasteiger partial charge on any atom is 0.255 e. The van der Waals surface area contributed by atoms with Crippen LogP contribution in [-0.4, -0.2) is 45.4 Å². The number of methoxy groups -OCH3 is 1. The third-order valence-corrected chi connectivity index (χ3v) is 6.52. The molecule has 158 valence electrons. The number of hydrogen-bond acceptors (Lipinski definition) is 5. The van der Waals surface area contributed by atoms with E-state index in [1.807, 2.05) is 6.92 Å². The smallest absolute Gasteiger partial charge is 0.255 e. The Bertz CT molecular complexity index is 923. The molecule has 8 heteroatoms. The number of hydrogen-bond donors (Lipinski definition) is 1. The highest BCUT2D eigenvalue weighted by atomic mass is 32.2. The van der Waals surface area contributed by atoms with Crippen molar-refractivity contribution in [1.29, 1.82) is 0 Å². The molecule has 1 N–H and O–H groups in total. The summed E-state index contributed by atoms with van der Waals surface area (Å²) in [5, 5.41) is 2.79. The standard InChI is InChI=1S/C21H28N2O5S/c1-5-23(6-2)29(25,26)19-11-9-18(10-12-19)22-21(24)16-8-13-20(27-4)17(14-16)15-28-7-3/h8-14H,5-7,15H2,1-4H3,(H,22,24). The topological polar surface area (TPSA) is 84.9 Å². The Balaban J connectivity index is 2.17. The number of benzene rings is 2. The summed E-state index contributed by atoms with van der Waals surface area (Å²) in [5.74, 6) is 0.353. The van der Waals surface area contributed by atoms with Gasteiger partial charge < -0.3 is 14.8 Å². The molecule has 0 bridgehead atoms. The van der Waals surface area contributed by atoms with Gasteiger partial charge in [-0.15, -0.1) is 0 Å². The number of nitrogens with zero attached hydrogens (tertiary/aromatic N) is 1. The molecule has 29 heavy (non-hydrogen) atoms. The molecule has 0 unspecified atom stereocenters. The Labute approximate surface area is 172 Å². The van der Waals surface area contributed by atoms with E-state index >= 15 is 0 Å². The number of nitrogens with one attached hydrogen (secondary N) is 1. The minimum absolute atomic E-state index is 0.197. The van der Waals surface area contributed by atoms with E-state index in [4.69, 9.17) is 9.47 Å². The van der Waals surface area contributed by atoms with Crippen LogP contribution in [-0.2, 0) is 21.4 Å². The van der Waals surface area contributed by atoms with E-state index in [-0.39, 0.29) is 10.8 Å². The average molecular weight is 421 g/mol. The van der Waals surface area contributed by atoms with E-state index < -0.39 is 10.0 Å². The molecule has 0 radical (unpaired) electrons. The molecule has 0 aliphatic carbocycles. The van der Waals surface area contributed by atoms with Gasteiger partial charge in [0.1, 0.15) is 5.75 Å². The SMILES string of the molecule is CCOCc1cc(C(=O)Nc2ccc(S(=O)(=O)N(CC)CC)cc2)ccc1OC. The highest BCUT2D eigenvalue weighted by molar-refractivity contribution is 7.89. The van der Waals surface area contributed by atoms with E-state index in [1.54, 1.807) is 51.3 Å². The first-order valence-electron chi connectivity index (χ1n) is 9.53. The van der Waals surface area contributed by atoms with Crippen molar-refractivity contribution in [2.45, 2.75) is 32.3 Å².